The van der Waals surface area contributed by atoms with Crippen molar-refractivity contribution in [3.63, 3.8) is 0 Å². The summed E-state index contributed by atoms with van der Waals surface area (Å²) in [5, 5.41) is 20.2. The summed E-state index contributed by atoms with van der Waals surface area (Å²) in [6, 6.07) is 8.76. The van der Waals surface area contributed by atoms with Gasteiger partial charge in [-0.3, -0.25) is 10.2 Å². The van der Waals surface area contributed by atoms with Crippen molar-refractivity contribution in [1.82, 2.24) is 0 Å². The number of fused-ring (bicyclic) bond motifs is 3. The number of cyclic esters (lactones) is 1. The molecule has 3 heterocycles. The highest BCUT2D eigenvalue weighted by molar-refractivity contribution is 6.18. The van der Waals surface area contributed by atoms with Crippen LogP contribution in [0.4, 0.5) is 5.69 Å². The summed E-state index contributed by atoms with van der Waals surface area (Å²) in [5.41, 5.74) is -0.540. The standard InChI is InChI=1S/C15H9N3O4/c16-5-8-12(17)22-10-6-21-13(19)11(10)15(8)7-3-1-2-4-9(7)18-14(15)20/h1-4,8,17H,6H2,(H,18,20). The van der Waals surface area contributed by atoms with Crippen LogP contribution in [0.15, 0.2) is 35.6 Å². The molecule has 1 amide bonds. The minimum absolute atomic E-state index is 0.0255. The molecule has 0 aromatic heterocycles. The number of amides is 1. The first kappa shape index (κ1) is 12.6. The Labute approximate surface area is 124 Å². The van der Waals surface area contributed by atoms with Crippen molar-refractivity contribution in [1.29, 1.82) is 10.7 Å². The minimum Gasteiger partial charge on any atom is -0.454 e. The van der Waals surface area contributed by atoms with Gasteiger partial charge in [0.2, 0.25) is 11.8 Å². The minimum atomic E-state index is -1.58. The number of ether oxygens (including phenoxy) is 2. The number of para-hydroxylation sites is 1. The van der Waals surface area contributed by atoms with E-state index in [-0.39, 0.29) is 23.8 Å². The fourth-order valence-electron chi connectivity index (χ4n) is 3.35. The predicted octanol–water partition coefficient (Wildman–Crippen LogP) is 0.835. The van der Waals surface area contributed by atoms with E-state index in [4.69, 9.17) is 14.9 Å². The number of hydrogen-bond donors (Lipinski definition) is 2. The maximum atomic E-state index is 12.8. The normalized spacial score (nSPS) is 28.7. The predicted molar refractivity (Wildman–Crippen MR) is 72.6 cm³/mol. The number of carbonyl (C=O) groups is 2. The van der Waals surface area contributed by atoms with Crippen molar-refractivity contribution < 1.29 is 19.1 Å². The number of carbonyl (C=O) groups excluding carboxylic acids is 2. The monoisotopic (exact) mass is 295 g/mol. The number of hydrogen-bond acceptors (Lipinski definition) is 6. The summed E-state index contributed by atoms with van der Waals surface area (Å²) in [4.78, 5) is 24.9. The van der Waals surface area contributed by atoms with Gasteiger partial charge in [0.15, 0.2) is 5.76 Å². The van der Waals surface area contributed by atoms with Crippen LogP contribution in [-0.2, 0) is 24.5 Å². The van der Waals surface area contributed by atoms with Gasteiger partial charge in [-0.05, 0) is 11.6 Å². The van der Waals surface area contributed by atoms with Gasteiger partial charge >= 0.3 is 5.97 Å². The van der Waals surface area contributed by atoms with Crippen molar-refractivity contribution in [2.45, 2.75) is 5.41 Å². The second-order valence-electron chi connectivity index (χ2n) is 5.21. The Bertz CT molecular complexity index is 835. The lowest BCUT2D eigenvalue weighted by atomic mass is 9.65. The van der Waals surface area contributed by atoms with E-state index in [2.05, 4.69) is 5.32 Å². The van der Waals surface area contributed by atoms with Crippen LogP contribution in [0.25, 0.3) is 0 Å². The molecule has 4 rings (SSSR count). The Morgan fingerprint density at radius 3 is 2.91 bits per heavy atom. The molecule has 0 saturated heterocycles. The van der Waals surface area contributed by atoms with Crippen LogP contribution >= 0.6 is 0 Å². The smallest absolute Gasteiger partial charge is 0.339 e. The Balaban J connectivity index is 2.11. The molecule has 0 fully saturated rings. The second kappa shape index (κ2) is 3.95. The number of rotatable bonds is 0. The molecule has 2 N–H and O–H groups in total. The zero-order valence-corrected chi connectivity index (χ0v) is 11.2. The van der Waals surface area contributed by atoms with E-state index in [9.17, 15) is 14.9 Å². The zero-order valence-electron chi connectivity index (χ0n) is 11.2. The molecule has 2 atom stereocenters. The van der Waals surface area contributed by atoms with Crippen LogP contribution in [-0.4, -0.2) is 24.4 Å². The molecule has 3 aliphatic heterocycles. The molecule has 3 aliphatic rings. The molecule has 1 aromatic carbocycles. The molecule has 0 saturated carbocycles. The number of nitrogens with one attached hydrogen (secondary N) is 2. The molecule has 7 nitrogen and oxygen atoms in total. The van der Waals surface area contributed by atoms with Gasteiger partial charge < -0.3 is 14.8 Å². The molecule has 0 aliphatic carbocycles. The fraction of sp³-hybridized carbons (Fsp3) is 0.200. The molecule has 2 unspecified atom stereocenters. The van der Waals surface area contributed by atoms with E-state index in [1.807, 2.05) is 6.07 Å². The van der Waals surface area contributed by atoms with E-state index in [0.29, 0.717) is 11.3 Å². The highest BCUT2D eigenvalue weighted by atomic mass is 16.6. The van der Waals surface area contributed by atoms with Gasteiger partial charge in [0.1, 0.15) is 23.5 Å². The largest absolute Gasteiger partial charge is 0.454 e. The Kier molecular flexibility index (Phi) is 2.26. The Morgan fingerprint density at radius 1 is 1.36 bits per heavy atom. The van der Waals surface area contributed by atoms with E-state index in [0.717, 1.165) is 0 Å². The number of anilines is 1. The molecule has 0 bridgehead atoms. The van der Waals surface area contributed by atoms with Crippen molar-refractivity contribution in [3.8, 4) is 6.07 Å². The zero-order chi connectivity index (χ0) is 15.5. The fourth-order valence-corrected chi connectivity index (χ4v) is 3.35. The third-order valence-electron chi connectivity index (χ3n) is 4.23. The number of benzene rings is 1. The van der Waals surface area contributed by atoms with Crippen molar-refractivity contribution >= 4 is 23.5 Å². The van der Waals surface area contributed by atoms with Crippen LogP contribution in [0.1, 0.15) is 5.56 Å². The summed E-state index contributed by atoms with van der Waals surface area (Å²) in [6.07, 6.45) is 0. The van der Waals surface area contributed by atoms with Gasteiger partial charge in [-0.1, -0.05) is 18.2 Å². The van der Waals surface area contributed by atoms with Crippen LogP contribution in [0.3, 0.4) is 0 Å². The lowest BCUT2D eigenvalue weighted by Crippen LogP contribution is -2.51. The van der Waals surface area contributed by atoms with Gasteiger partial charge in [0, 0.05) is 5.69 Å². The van der Waals surface area contributed by atoms with Crippen molar-refractivity contribution in [3.05, 3.63) is 41.2 Å². The van der Waals surface area contributed by atoms with Gasteiger partial charge in [0.05, 0.1) is 6.07 Å². The van der Waals surface area contributed by atoms with Gasteiger partial charge in [0.25, 0.3) is 0 Å². The highest BCUT2D eigenvalue weighted by Crippen LogP contribution is 2.53. The highest BCUT2D eigenvalue weighted by Gasteiger charge is 2.64. The Hall–Kier alpha value is -3.14. The number of esters is 1. The quantitative estimate of drug-likeness (QED) is 0.688. The van der Waals surface area contributed by atoms with Crippen LogP contribution in [0.2, 0.25) is 0 Å². The first-order valence-corrected chi connectivity index (χ1v) is 6.58. The van der Waals surface area contributed by atoms with Gasteiger partial charge in [-0.15, -0.1) is 0 Å². The summed E-state index contributed by atoms with van der Waals surface area (Å²) in [6.45, 7) is -0.133. The molecule has 1 spiro atoms. The lowest BCUT2D eigenvalue weighted by Gasteiger charge is -2.35. The summed E-state index contributed by atoms with van der Waals surface area (Å²) >= 11 is 0. The van der Waals surface area contributed by atoms with E-state index >= 15 is 0 Å². The molecule has 1 aromatic rings. The van der Waals surface area contributed by atoms with Crippen molar-refractivity contribution in [2.24, 2.45) is 5.92 Å². The molecular formula is C15H9N3O4. The van der Waals surface area contributed by atoms with Crippen LogP contribution in [0.5, 0.6) is 0 Å². The summed E-state index contributed by atoms with van der Waals surface area (Å²) in [5.74, 6) is -2.64. The van der Waals surface area contributed by atoms with E-state index in [1.54, 1.807) is 24.3 Å². The molecule has 22 heavy (non-hydrogen) atoms. The summed E-state index contributed by atoms with van der Waals surface area (Å²) in [7, 11) is 0. The molecule has 7 heteroatoms. The van der Waals surface area contributed by atoms with Gasteiger partial charge in [-0.25, -0.2) is 4.79 Å². The maximum absolute atomic E-state index is 12.8. The number of nitrogens with zero attached hydrogens (tertiary/aromatic N) is 1. The molecule has 0 radical (unpaired) electrons. The topological polar surface area (TPSA) is 112 Å². The SMILES string of the molecule is N#CC1C(=N)OC2=C(C(=O)OC2)C12C(=O)Nc1ccccc12. The lowest BCUT2D eigenvalue weighted by molar-refractivity contribution is -0.138. The number of nitriles is 1. The summed E-state index contributed by atoms with van der Waals surface area (Å²) < 4.78 is 10.2. The van der Waals surface area contributed by atoms with Crippen LogP contribution in [0, 0.1) is 22.7 Å². The molecular weight excluding hydrogens is 286 g/mol. The van der Waals surface area contributed by atoms with E-state index in [1.165, 1.54) is 0 Å². The van der Waals surface area contributed by atoms with Crippen molar-refractivity contribution in [2.75, 3.05) is 11.9 Å². The third-order valence-corrected chi connectivity index (χ3v) is 4.23. The second-order valence-corrected chi connectivity index (χ2v) is 5.21. The first-order valence-electron chi connectivity index (χ1n) is 6.58. The Morgan fingerprint density at radius 2 is 2.14 bits per heavy atom. The van der Waals surface area contributed by atoms with E-state index < -0.39 is 23.2 Å². The maximum Gasteiger partial charge on any atom is 0.339 e. The molecule has 108 valence electrons. The van der Waals surface area contributed by atoms with Crippen LogP contribution < -0.4 is 5.32 Å². The third kappa shape index (κ3) is 1.22. The van der Waals surface area contributed by atoms with Gasteiger partial charge in [-0.2, -0.15) is 5.26 Å². The average Bonchev–Trinajstić information content (AvgIpc) is 3.00. The first-order chi connectivity index (χ1) is 10.6. The average molecular weight is 295 g/mol.